The average molecular weight is 243 g/mol. The summed E-state index contributed by atoms with van der Waals surface area (Å²) in [7, 11) is 0. The van der Waals surface area contributed by atoms with Crippen molar-refractivity contribution in [3.63, 3.8) is 0 Å². The molecule has 96 valence electrons. The van der Waals surface area contributed by atoms with E-state index >= 15 is 0 Å². The van der Waals surface area contributed by atoms with Crippen LogP contribution in [0.1, 0.15) is 38.2 Å². The van der Waals surface area contributed by atoms with Gasteiger partial charge in [-0.3, -0.25) is 4.79 Å². The number of carbonyl (C=O) groups excluding carboxylic acids is 1. The Kier molecular flexibility index (Phi) is 2.89. The van der Waals surface area contributed by atoms with Crippen molar-refractivity contribution < 1.29 is 4.79 Å². The van der Waals surface area contributed by atoms with E-state index in [-0.39, 0.29) is 5.41 Å². The van der Waals surface area contributed by atoms with E-state index in [1.54, 1.807) is 0 Å². The number of amides is 1. The number of benzene rings is 1. The molecule has 0 bridgehead atoms. The van der Waals surface area contributed by atoms with Crippen LogP contribution in [0.2, 0.25) is 0 Å². The van der Waals surface area contributed by atoms with E-state index < -0.39 is 0 Å². The van der Waals surface area contributed by atoms with Crippen molar-refractivity contribution in [1.29, 1.82) is 0 Å². The second-order valence-corrected chi connectivity index (χ2v) is 5.81. The molecule has 2 fully saturated rings. The molecule has 0 N–H and O–H groups in total. The first kappa shape index (κ1) is 11.8. The number of rotatable bonds is 4. The van der Waals surface area contributed by atoms with Crippen molar-refractivity contribution in [3.05, 3.63) is 35.9 Å². The van der Waals surface area contributed by atoms with Gasteiger partial charge in [-0.1, -0.05) is 43.7 Å². The third-order valence-corrected chi connectivity index (χ3v) is 4.58. The van der Waals surface area contributed by atoms with Crippen LogP contribution in [-0.2, 0) is 11.3 Å². The molecular weight excluding hydrogens is 222 g/mol. The third kappa shape index (κ3) is 1.84. The summed E-state index contributed by atoms with van der Waals surface area (Å²) in [6.07, 6.45) is 4.65. The van der Waals surface area contributed by atoms with Gasteiger partial charge in [0.2, 0.25) is 5.91 Å². The van der Waals surface area contributed by atoms with Gasteiger partial charge in [-0.05, 0) is 30.7 Å². The molecule has 3 rings (SSSR count). The predicted molar refractivity (Wildman–Crippen MR) is 71.9 cm³/mol. The number of nitrogens with zero attached hydrogens (tertiary/aromatic N) is 1. The van der Waals surface area contributed by atoms with Crippen molar-refractivity contribution in [3.8, 4) is 0 Å². The van der Waals surface area contributed by atoms with Crippen LogP contribution in [0.4, 0.5) is 0 Å². The minimum absolute atomic E-state index is 0.0603. The molecule has 0 aromatic heterocycles. The summed E-state index contributed by atoms with van der Waals surface area (Å²) in [5, 5.41) is 0. The van der Waals surface area contributed by atoms with Gasteiger partial charge in [0.1, 0.15) is 0 Å². The zero-order valence-corrected chi connectivity index (χ0v) is 11.1. The standard InChI is InChI=1S/C16H21NO/c1-2-6-14-12-17(15(18)16(14)9-10-16)11-13-7-4-3-5-8-13/h3-5,7-8,14H,2,6,9-12H2,1H3. The number of likely N-dealkylation sites (tertiary alicyclic amines) is 1. The van der Waals surface area contributed by atoms with Crippen LogP contribution in [0, 0.1) is 11.3 Å². The maximum Gasteiger partial charge on any atom is 0.229 e. The quantitative estimate of drug-likeness (QED) is 0.795. The zero-order valence-electron chi connectivity index (χ0n) is 11.1. The molecule has 1 saturated carbocycles. The molecule has 1 aromatic rings. The minimum atomic E-state index is 0.0603. The van der Waals surface area contributed by atoms with E-state index in [1.165, 1.54) is 18.4 Å². The van der Waals surface area contributed by atoms with E-state index in [9.17, 15) is 4.79 Å². The Morgan fingerprint density at radius 1 is 1.28 bits per heavy atom. The van der Waals surface area contributed by atoms with Gasteiger partial charge >= 0.3 is 0 Å². The van der Waals surface area contributed by atoms with Gasteiger partial charge in [-0.15, -0.1) is 0 Å². The summed E-state index contributed by atoms with van der Waals surface area (Å²) < 4.78 is 0. The van der Waals surface area contributed by atoms with Crippen molar-refractivity contribution in [2.45, 2.75) is 39.2 Å². The van der Waals surface area contributed by atoms with Gasteiger partial charge in [0, 0.05) is 13.1 Å². The lowest BCUT2D eigenvalue weighted by molar-refractivity contribution is -0.132. The van der Waals surface area contributed by atoms with Gasteiger partial charge in [-0.2, -0.15) is 0 Å². The maximum atomic E-state index is 12.5. The summed E-state index contributed by atoms with van der Waals surface area (Å²) in [6.45, 7) is 3.99. The molecule has 1 heterocycles. The van der Waals surface area contributed by atoms with Crippen molar-refractivity contribution in [2.24, 2.45) is 11.3 Å². The predicted octanol–water partition coefficient (Wildman–Crippen LogP) is 3.23. The van der Waals surface area contributed by atoms with Gasteiger partial charge < -0.3 is 4.90 Å². The highest BCUT2D eigenvalue weighted by atomic mass is 16.2. The first-order valence-electron chi connectivity index (χ1n) is 7.09. The largest absolute Gasteiger partial charge is 0.338 e. The van der Waals surface area contributed by atoms with Gasteiger partial charge in [0.15, 0.2) is 0 Å². The topological polar surface area (TPSA) is 20.3 Å². The molecule has 1 spiro atoms. The number of hydrogen-bond acceptors (Lipinski definition) is 1. The lowest BCUT2D eigenvalue weighted by atomic mass is 9.88. The fraction of sp³-hybridized carbons (Fsp3) is 0.562. The molecule has 1 unspecified atom stereocenters. The Bertz CT molecular complexity index is 436. The average Bonchev–Trinajstić information content (AvgIpc) is 3.15. The molecule has 1 amide bonds. The van der Waals surface area contributed by atoms with Crippen LogP contribution in [0.25, 0.3) is 0 Å². The molecule has 2 heteroatoms. The lowest BCUT2D eigenvalue weighted by Crippen LogP contribution is -2.27. The zero-order chi connectivity index (χ0) is 12.6. The second kappa shape index (κ2) is 4.42. The fourth-order valence-electron chi connectivity index (χ4n) is 3.43. The molecule has 1 aliphatic carbocycles. The van der Waals surface area contributed by atoms with Crippen LogP contribution in [0.5, 0.6) is 0 Å². The summed E-state index contributed by atoms with van der Waals surface area (Å²) in [6, 6.07) is 10.3. The number of carbonyl (C=O) groups is 1. The number of hydrogen-bond donors (Lipinski definition) is 0. The highest BCUT2D eigenvalue weighted by Gasteiger charge is 2.60. The Labute approximate surface area is 109 Å². The van der Waals surface area contributed by atoms with Crippen molar-refractivity contribution in [1.82, 2.24) is 4.90 Å². The van der Waals surface area contributed by atoms with E-state index in [1.807, 2.05) is 18.2 Å². The van der Waals surface area contributed by atoms with Gasteiger partial charge in [0.25, 0.3) is 0 Å². The van der Waals surface area contributed by atoms with E-state index in [0.717, 1.165) is 25.9 Å². The van der Waals surface area contributed by atoms with Gasteiger partial charge in [-0.25, -0.2) is 0 Å². The monoisotopic (exact) mass is 243 g/mol. The first-order valence-corrected chi connectivity index (χ1v) is 7.09. The molecule has 1 aromatic carbocycles. The lowest BCUT2D eigenvalue weighted by Gasteiger charge is -2.16. The molecule has 2 nitrogen and oxygen atoms in total. The molecular formula is C16H21NO. The Morgan fingerprint density at radius 2 is 2.00 bits per heavy atom. The molecule has 0 radical (unpaired) electrons. The Hall–Kier alpha value is -1.31. The Morgan fingerprint density at radius 3 is 2.61 bits per heavy atom. The van der Waals surface area contributed by atoms with Crippen LogP contribution >= 0.6 is 0 Å². The van der Waals surface area contributed by atoms with Gasteiger partial charge in [0.05, 0.1) is 5.41 Å². The summed E-state index contributed by atoms with van der Waals surface area (Å²) in [4.78, 5) is 14.6. The first-order chi connectivity index (χ1) is 8.76. The van der Waals surface area contributed by atoms with Crippen molar-refractivity contribution in [2.75, 3.05) is 6.54 Å². The molecule has 1 saturated heterocycles. The fourth-order valence-corrected chi connectivity index (χ4v) is 3.43. The SMILES string of the molecule is CCCC1CN(Cc2ccccc2)C(=O)C12CC2. The van der Waals surface area contributed by atoms with E-state index in [4.69, 9.17) is 0 Å². The second-order valence-electron chi connectivity index (χ2n) is 5.81. The summed E-state index contributed by atoms with van der Waals surface area (Å²) >= 11 is 0. The van der Waals surface area contributed by atoms with Crippen LogP contribution in [-0.4, -0.2) is 17.4 Å². The highest BCUT2D eigenvalue weighted by molar-refractivity contribution is 5.88. The van der Waals surface area contributed by atoms with Crippen molar-refractivity contribution >= 4 is 5.91 Å². The normalized spacial score (nSPS) is 24.8. The van der Waals surface area contributed by atoms with Crippen LogP contribution in [0.15, 0.2) is 30.3 Å². The third-order valence-electron chi connectivity index (χ3n) is 4.58. The highest BCUT2D eigenvalue weighted by Crippen LogP contribution is 2.58. The minimum Gasteiger partial charge on any atom is -0.338 e. The maximum absolute atomic E-state index is 12.5. The molecule has 1 aliphatic heterocycles. The molecule has 1 atom stereocenters. The smallest absolute Gasteiger partial charge is 0.229 e. The molecule has 18 heavy (non-hydrogen) atoms. The van der Waals surface area contributed by atoms with E-state index in [2.05, 4.69) is 24.0 Å². The summed E-state index contributed by atoms with van der Waals surface area (Å²) in [5.74, 6) is 1.03. The molecule has 2 aliphatic rings. The Balaban J connectivity index is 1.73. The summed E-state index contributed by atoms with van der Waals surface area (Å²) in [5.41, 5.74) is 1.31. The van der Waals surface area contributed by atoms with Crippen LogP contribution in [0.3, 0.4) is 0 Å². The van der Waals surface area contributed by atoms with Crippen LogP contribution < -0.4 is 0 Å². The van der Waals surface area contributed by atoms with E-state index in [0.29, 0.717) is 11.8 Å².